The molecular weight excluding hydrogens is 186 g/mol. The monoisotopic (exact) mass is 196 g/mol. The molecule has 14 heavy (non-hydrogen) atoms. The maximum atomic E-state index is 13.2. The molecule has 74 valence electrons. The van der Waals surface area contributed by atoms with Crippen molar-refractivity contribution in [2.24, 2.45) is 11.8 Å². The molecule has 0 spiro atoms. The Bertz CT molecular complexity index is 387. The number of benzene rings is 1. The number of rotatable bonds is 2. The van der Waals surface area contributed by atoms with Crippen molar-refractivity contribution in [3.05, 3.63) is 35.4 Å². The van der Waals surface area contributed by atoms with Gasteiger partial charge in [0, 0.05) is 12.0 Å². The maximum Gasteiger partial charge on any atom is 0.169 e. The van der Waals surface area contributed by atoms with E-state index in [2.05, 4.69) is 0 Å². The molecule has 0 N–H and O–H groups in total. The second-order valence-corrected chi connectivity index (χ2v) is 3.81. The number of carbonyl (C=O) groups excluding carboxylic acids is 1. The SMILES string of the molecule is CC1CC1C(=O)c1ccc(F)cc1F. The van der Waals surface area contributed by atoms with E-state index >= 15 is 0 Å². The second-order valence-electron chi connectivity index (χ2n) is 3.81. The summed E-state index contributed by atoms with van der Waals surface area (Å²) in [4.78, 5) is 11.6. The molecule has 2 atom stereocenters. The predicted octanol–water partition coefficient (Wildman–Crippen LogP) is 2.80. The van der Waals surface area contributed by atoms with E-state index < -0.39 is 11.6 Å². The molecule has 0 aromatic heterocycles. The van der Waals surface area contributed by atoms with Gasteiger partial charge in [0.15, 0.2) is 5.78 Å². The Morgan fingerprint density at radius 3 is 2.57 bits per heavy atom. The molecule has 0 heterocycles. The minimum Gasteiger partial charge on any atom is -0.294 e. The minimum atomic E-state index is -0.755. The first-order valence-electron chi connectivity index (χ1n) is 4.59. The average Bonchev–Trinajstić information content (AvgIpc) is 2.81. The second kappa shape index (κ2) is 3.15. The van der Waals surface area contributed by atoms with Gasteiger partial charge in [-0.2, -0.15) is 0 Å². The lowest BCUT2D eigenvalue weighted by Gasteiger charge is -2.00. The Balaban J connectivity index is 2.28. The summed E-state index contributed by atoms with van der Waals surface area (Å²) in [7, 11) is 0. The van der Waals surface area contributed by atoms with Crippen LogP contribution in [0.4, 0.5) is 8.78 Å². The van der Waals surface area contributed by atoms with Crippen molar-refractivity contribution in [2.75, 3.05) is 0 Å². The van der Waals surface area contributed by atoms with E-state index in [1.807, 2.05) is 6.92 Å². The van der Waals surface area contributed by atoms with Gasteiger partial charge in [0.25, 0.3) is 0 Å². The highest BCUT2D eigenvalue weighted by molar-refractivity contribution is 5.99. The Morgan fingerprint density at radius 2 is 2.07 bits per heavy atom. The molecule has 3 heteroatoms. The molecule has 1 fully saturated rings. The van der Waals surface area contributed by atoms with E-state index in [9.17, 15) is 13.6 Å². The van der Waals surface area contributed by atoms with E-state index in [0.29, 0.717) is 5.92 Å². The normalized spacial score (nSPS) is 24.8. The van der Waals surface area contributed by atoms with Gasteiger partial charge in [0.1, 0.15) is 11.6 Å². The molecule has 2 unspecified atom stereocenters. The van der Waals surface area contributed by atoms with Crippen molar-refractivity contribution in [2.45, 2.75) is 13.3 Å². The van der Waals surface area contributed by atoms with Crippen LogP contribution in [-0.4, -0.2) is 5.78 Å². The van der Waals surface area contributed by atoms with E-state index in [1.165, 1.54) is 6.07 Å². The molecule has 0 saturated heterocycles. The smallest absolute Gasteiger partial charge is 0.169 e. The predicted molar refractivity (Wildman–Crippen MR) is 48.0 cm³/mol. The van der Waals surface area contributed by atoms with Gasteiger partial charge in [-0.25, -0.2) is 8.78 Å². The zero-order chi connectivity index (χ0) is 10.3. The van der Waals surface area contributed by atoms with Crippen LogP contribution in [0.15, 0.2) is 18.2 Å². The average molecular weight is 196 g/mol. The lowest BCUT2D eigenvalue weighted by molar-refractivity contribution is 0.0958. The van der Waals surface area contributed by atoms with Crippen LogP contribution in [0.2, 0.25) is 0 Å². The van der Waals surface area contributed by atoms with Crippen molar-refractivity contribution >= 4 is 5.78 Å². The molecule has 1 aliphatic carbocycles. The Hall–Kier alpha value is -1.25. The van der Waals surface area contributed by atoms with Gasteiger partial charge in [-0.05, 0) is 24.5 Å². The number of ketones is 1. The third kappa shape index (κ3) is 1.54. The van der Waals surface area contributed by atoms with Crippen LogP contribution in [-0.2, 0) is 0 Å². The molecule has 1 nitrogen and oxygen atoms in total. The fraction of sp³-hybridized carbons (Fsp3) is 0.364. The van der Waals surface area contributed by atoms with Crippen LogP contribution in [0, 0.1) is 23.5 Å². The first-order valence-corrected chi connectivity index (χ1v) is 4.59. The number of carbonyl (C=O) groups is 1. The van der Waals surface area contributed by atoms with Crippen molar-refractivity contribution in [1.29, 1.82) is 0 Å². The summed E-state index contributed by atoms with van der Waals surface area (Å²) in [6.45, 7) is 1.95. The molecule has 0 aliphatic heterocycles. The summed E-state index contributed by atoms with van der Waals surface area (Å²) in [5.41, 5.74) is 0.0146. The Morgan fingerprint density at radius 1 is 1.43 bits per heavy atom. The molecule has 0 radical (unpaired) electrons. The molecular formula is C11H10F2O. The largest absolute Gasteiger partial charge is 0.294 e. The molecule has 2 rings (SSSR count). The summed E-state index contributed by atoms with van der Waals surface area (Å²) >= 11 is 0. The highest BCUT2D eigenvalue weighted by atomic mass is 19.1. The van der Waals surface area contributed by atoms with Crippen molar-refractivity contribution in [3.63, 3.8) is 0 Å². The molecule has 1 aromatic carbocycles. The maximum absolute atomic E-state index is 13.2. The summed E-state index contributed by atoms with van der Waals surface area (Å²) in [5.74, 6) is -1.33. The molecule has 1 aliphatic rings. The van der Waals surface area contributed by atoms with E-state index in [1.54, 1.807) is 0 Å². The summed E-state index contributed by atoms with van der Waals surface area (Å²) < 4.78 is 25.7. The van der Waals surface area contributed by atoms with E-state index in [-0.39, 0.29) is 17.3 Å². The summed E-state index contributed by atoms with van der Waals surface area (Å²) in [6.07, 6.45) is 0.815. The van der Waals surface area contributed by atoms with Crippen LogP contribution in [0.25, 0.3) is 0 Å². The van der Waals surface area contributed by atoms with Crippen molar-refractivity contribution < 1.29 is 13.6 Å². The van der Waals surface area contributed by atoms with Crippen LogP contribution in [0.5, 0.6) is 0 Å². The van der Waals surface area contributed by atoms with Crippen LogP contribution < -0.4 is 0 Å². The van der Waals surface area contributed by atoms with Gasteiger partial charge >= 0.3 is 0 Å². The number of hydrogen-bond acceptors (Lipinski definition) is 1. The standard InChI is InChI=1S/C11H10F2O/c1-6-4-9(6)11(14)8-3-2-7(12)5-10(8)13/h2-3,5-6,9H,4H2,1H3. The highest BCUT2D eigenvalue weighted by Gasteiger charge is 2.40. The fourth-order valence-corrected chi connectivity index (χ4v) is 1.58. The van der Waals surface area contributed by atoms with E-state index in [4.69, 9.17) is 0 Å². The van der Waals surface area contributed by atoms with Gasteiger partial charge in [-0.3, -0.25) is 4.79 Å². The van der Waals surface area contributed by atoms with Gasteiger partial charge < -0.3 is 0 Å². The zero-order valence-corrected chi connectivity index (χ0v) is 7.76. The third-order valence-corrected chi connectivity index (χ3v) is 2.64. The first-order chi connectivity index (χ1) is 6.59. The molecule has 1 saturated carbocycles. The Labute approximate surface area is 80.7 Å². The molecule has 0 bridgehead atoms. The summed E-state index contributed by atoms with van der Waals surface area (Å²) in [5, 5.41) is 0. The topological polar surface area (TPSA) is 17.1 Å². The molecule has 0 amide bonds. The van der Waals surface area contributed by atoms with Crippen molar-refractivity contribution in [3.8, 4) is 0 Å². The molecule has 1 aromatic rings. The van der Waals surface area contributed by atoms with Gasteiger partial charge in [0.05, 0.1) is 5.56 Å². The highest BCUT2D eigenvalue weighted by Crippen LogP contribution is 2.40. The van der Waals surface area contributed by atoms with Crippen LogP contribution in [0.3, 0.4) is 0 Å². The number of halogens is 2. The minimum absolute atomic E-state index is 0.0146. The fourth-order valence-electron chi connectivity index (χ4n) is 1.58. The lowest BCUT2D eigenvalue weighted by Crippen LogP contribution is -2.05. The van der Waals surface area contributed by atoms with Gasteiger partial charge in [-0.1, -0.05) is 6.92 Å². The van der Waals surface area contributed by atoms with Gasteiger partial charge in [0.2, 0.25) is 0 Å². The van der Waals surface area contributed by atoms with Gasteiger partial charge in [-0.15, -0.1) is 0 Å². The van der Waals surface area contributed by atoms with Crippen molar-refractivity contribution in [1.82, 2.24) is 0 Å². The zero-order valence-electron chi connectivity index (χ0n) is 7.76. The van der Waals surface area contributed by atoms with Crippen LogP contribution >= 0.6 is 0 Å². The first kappa shape index (κ1) is 9.31. The Kier molecular flexibility index (Phi) is 2.10. The number of Topliss-reactive ketones (excluding diaryl/α,β-unsaturated/α-hetero) is 1. The third-order valence-electron chi connectivity index (χ3n) is 2.64. The quantitative estimate of drug-likeness (QED) is 0.665. The number of hydrogen-bond donors (Lipinski definition) is 0. The van der Waals surface area contributed by atoms with E-state index in [0.717, 1.165) is 18.6 Å². The summed E-state index contributed by atoms with van der Waals surface area (Å²) in [6, 6.07) is 3.08. The lowest BCUT2D eigenvalue weighted by atomic mass is 10.1. The van der Waals surface area contributed by atoms with Crippen LogP contribution in [0.1, 0.15) is 23.7 Å².